The second-order valence-electron chi connectivity index (χ2n) is 5.48. The topological polar surface area (TPSA) is 38.3 Å². The molecule has 1 heterocycles. The molecule has 1 N–H and O–H groups in total. The molecule has 24 heavy (non-hydrogen) atoms. The van der Waals surface area contributed by atoms with Crippen molar-refractivity contribution in [3.05, 3.63) is 88.1 Å². The highest BCUT2D eigenvalue weighted by Crippen LogP contribution is 2.26. The molecule has 3 nitrogen and oxygen atoms in total. The summed E-state index contributed by atoms with van der Waals surface area (Å²) in [6.07, 6.45) is 0. The van der Waals surface area contributed by atoms with Crippen molar-refractivity contribution in [1.82, 2.24) is 5.32 Å². The molecule has 3 aromatic rings. The van der Waals surface area contributed by atoms with Crippen LogP contribution in [-0.4, -0.2) is 12.5 Å². The number of amides is 1. The van der Waals surface area contributed by atoms with Crippen LogP contribution in [0.15, 0.2) is 72.1 Å². The molecule has 0 saturated heterocycles. The predicted molar refractivity (Wildman–Crippen MR) is 97.4 cm³/mol. The molecule has 0 fully saturated rings. The van der Waals surface area contributed by atoms with Crippen LogP contribution in [0.2, 0.25) is 0 Å². The fourth-order valence-electron chi connectivity index (χ4n) is 2.48. The average molecular weight is 337 g/mol. The molecule has 3 rings (SSSR count). The average Bonchev–Trinajstić information content (AvgIpc) is 3.14. The van der Waals surface area contributed by atoms with Crippen molar-refractivity contribution in [2.24, 2.45) is 0 Å². The molecule has 0 bridgehead atoms. The van der Waals surface area contributed by atoms with Crippen molar-refractivity contribution in [2.45, 2.75) is 13.0 Å². The van der Waals surface area contributed by atoms with Gasteiger partial charge in [-0.2, -0.15) is 0 Å². The van der Waals surface area contributed by atoms with Crippen molar-refractivity contribution in [3.63, 3.8) is 0 Å². The number of hydrogen-bond donors (Lipinski definition) is 1. The molecular weight excluding hydrogens is 318 g/mol. The molecule has 4 heteroatoms. The van der Waals surface area contributed by atoms with Crippen LogP contribution in [0, 0.1) is 6.92 Å². The lowest BCUT2D eigenvalue weighted by molar-refractivity contribution is -0.123. The number of ether oxygens (including phenoxy) is 1. The minimum Gasteiger partial charge on any atom is -0.484 e. The summed E-state index contributed by atoms with van der Waals surface area (Å²) in [4.78, 5) is 13.5. The van der Waals surface area contributed by atoms with Gasteiger partial charge in [-0.1, -0.05) is 54.6 Å². The second-order valence-corrected chi connectivity index (χ2v) is 6.46. The van der Waals surface area contributed by atoms with Crippen LogP contribution in [-0.2, 0) is 4.79 Å². The van der Waals surface area contributed by atoms with Gasteiger partial charge < -0.3 is 10.1 Å². The van der Waals surface area contributed by atoms with E-state index in [1.807, 2.05) is 79.0 Å². The Balaban J connectivity index is 1.69. The molecular formula is C20H19NO2S. The maximum atomic E-state index is 12.4. The van der Waals surface area contributed by atoms with Crippen molar-refractivity contribution in [2.75, 3.05) is 6.61 Å². The number of carbonyl (C=O) groups excluding carboxylic acids is 1. The molecule has 122 valence electrons. The number of thiophene rings is 1. The number of aryl methyl sites for hydroxylation is 1. The molecule has 0 saturated carbocycles. The molecule has 0 aliphatic rings. The Morgan fingerprint density at radius 2 is 1.79 bits per heavy atom. The molecule has 2 aromatic carbocycles. The molecule has 1 unspecified atom stereocenters. The Labute approximate surface area is 145 Å². The summed E-state index contributed by atoms with van der Waals surface area (Å²) in [7, 11) is 0. The highest BCUT2D eigenvalue weighted by atomic mass is 32.1. The Hall–Kier alpha value is -2.59. The van der Waals surface area contributed by atoms with E-state index in [2.05, 4.69) is 5.32 Å². The van der Waals surface area contributed by atoms with Gasteiger partial charge in [-0.05, 0) is 35.6 Å². The first-order valence-corrected chi connectivity index (χ1v) is 8.68. The molecule has 1 amide bonds. The fraction of sp³-hybridized carbons (Fsp3) is 0.150. The quantitative estimate of drug-likeness (QED) is 0.726. The van der Waals surface area contributed by atoms with Gasteiger partial charge in [0.1, 0.15) is 5.75 Å². The number of para-hydroxylation sites is 1. The van der Waals surface area contributed by atoms with Gasteiger partial charge in [0.05, 0.1) is 6.04 Å². The van der Waals surface area contributed by atoms with E-state index >= 15 is 0 Å². The van der Waals surface area contributed by atoms with Gasteiger partial charge in [-0.3, -0.25) is 4.79 Å². The van der Waals surface area contributed by atoms with Gasteiger partial charge in [0.15, 0.2) is 6.61 Å². The van der Waals surface area contributed by atoms with Gasteiger partial charge in [0.2, 0.25) is 0 Å². The van der Waals surface area contributed by atoms with Gasteiger partial charge in [0, 0.05) is 4.88 Å². The van der Waals surface area contributed by atoms with Gasteiger partial charge in [0.25, 0.3) is 5.91 Å². The van der Waals surface area contributed by atoms with Crippen LogP contribution in [0.1, 0.15) is 22.0 Å². The SMILES string of the molecule is Cc1ccccc1OCC(=O)NC(c1ccccc1)c1cccs1. The second kappa shape index (κ2) is 7.79. The maximum Gasteiger partial charge on any atom is 0.258 e. The van der Waals surface area contributed by atoms with Crippen molar-refractivity contribution in [1.29, 1.82) is 0 Å². The number of hydrogen-bond acceptors (Lipinski definition) is 3. The highest BCUT2D eigenvalue weighted by molar-refractivity contribution is 7.10. The molecule has 1 aromatic heterocycles. The van der Waals surface area contributed by atoms with Gasteiger partial charge in [-0.15, -0.1) is 11.3 Å². The molecule has 1 atom stereocenters. The van der Waals surface area contributed by atoms with Crippen molar-refractivity contribution >= 4 is 17.2 Å². The summed E-state index contributed by atoms with van der Waals surface area (Å²) in [5.41, 5.74) is 2.08. The lowest BCUT2D eigenvalue weighted by Crippen LogP contribution is -2.33. The summed E-state index contributed by atoms with van der Waals surface area (Å²) in [6.45, 7) is 1.96. The monoisotopic (exact) mass is 337 g/mol. The van der Waals surface area contributed by atoms with Crippen LogP contribution in [0.25, 0.3) is 0 Å². The van der Waals surface area contributed by atoms with E-state index in [0.29, 0.717) is 0 Å². The molecule has 0 aliphatic carbocycles. The van der Waals surface area contributed by atoms with Crippen molar-refractivity contribution in [3.8, 4) is 5.75 Å². The Morgan fingerprint density at radius 3 is 2.50 bits per heavy atom. The largest absolute Gasteiger partial charge is 0.484 e. The van der Waals surface area contributed by atoms with Gasteiger partial charge >= 0.3 is 0 Å². The summed E-state index contributed by atoms with van der Waals surface area (Å²) >= 11 is 1.63. The fourth-order valence-corrected chi connectivity index (χ4v) is 3.29. The van der Waals surface area contributed by atoms with Crippen LogP contribution >= 0.6 is 11.3 Å². The van der Waals surface area contributed by atoms with Crippen LogP contribution < -0.4 is 10.1 Å². The molecule has 0 aliphatic heterocycles. The predicted octanol–water partition coefficient (Wildman–Crippen LogP) is 4.34. The summed E-state index contributed by atoms with van der Waals surface area (Å²) in [6, 6.07) is 21.5. The van der Waals surface area contributed by atoms with E-state index in [1.165, 1.54) is 0 Å². The lowest BCUT2D eigenvalue weighted by atomic mass is 10.1. The normalized spacial score (nSPS) is 11.7. The van der Waals surface area contributed by atoms with E-state index in [1.54, 1.807) is 11.3 Å². The van der Waals surface area contributed by atoms with Gasteiger partial charge in [-0.25, -0.2) is 0 Å². The number of nitrogens with one attached hydrogen (secondary N) is 1. The zero-order valence-corrected chi connectivity index (χ0v) is 14.3. The van der Waals surface area contributed by atoms with Crippen LogP contribution in [0.5, 0.6) is 5.75 Å². The summed E-state index contributed by atoms with van der Waals surface area (Å²) in [5, 5.41) is 5.09. The Bertz CT molecular complexity index is 784. The third kappa shape index (κ3) is 4.03. The molecule has 0 radical (unpaired) electrons. The van der Waals surface area contributed by atoms with E-state index in [0.717, 1.165) is 21.8 Å². The third-order valence-corrected chi connectivity index (χ3v) is 4.66. The standard InChI is InChI=1S/C20H19NO2S/c1-15-8-5-6-11-17(15)23-14-19(22)21-20(18-12-7-13-24-18)16-9-3-2-4-10-16/h2-13,20H,14H2,1H3,(H,21,22). The van der Waals surface area contributed by atoms with Crippen LogP contribution in [0.3, 0.4) is 0 Å². The molecule has 0 spiro atoms. The number of rotatable bonds is 6. The van der Waals surface area contributed by atoms with E-state index in [4.69, 9.17) is 4.74 Å². The Morgan fingerprint density at radius 1 is 1.04 bits per heavy atom. The first kappa shape index (κ1) is 16.3. The zero-order chi connectivity index (χ0) is 16.8. The van der Waals surface area contributed by atoms with E-state index in [9.17, 15) is 4.79 Å². The number of benzene rings is 2. The van der Waals surface area contributed by atoms with Crippen LogP contribution in [0.4, 0.5) is 0 Å². The van der Waals surface area contributed by atoms with E-state index in [-0.39, 0.29) is 18.6 Å². The number of carbonyl (C=O) groups is 1. The first-order chi connectivity index (χ1) is 11.7. The maximum absolute atomic E-state index is 12.4. The van der Waals surface area contributed by atoms with Crippen molar-refractivity contribution < 1.29 is 9.53 Å². The smallest absolute Gasteiger partial charge is 0.258 e. The van der Waals surface area contributed by atoms with E-state index < -0.39 is 0 Å². The minimum absolute atomic E-state index is 0.000434. The minimum atomic E-state index is -0.154. The highest BCUT2D eigenvalue weighted by Gasteiger charge is 2.18. The first-order valence-electron chi connectivity index (χ1n) is 7.80. The third-order valence-electron chi connectivity index (χ3n) is 3.72. The summed E-state index contributed by atoms with van der Waals surface area (Å²) < 4.78 is 5.64. The lowest BCUT2D eigenvalue weighted by Gasteiger charge is -2.18. The Kier molecular flexibility index (Phi) is 5.29. The summed E-state index contributed by atoms with van der Waals surface area (Å²) in [5.74, 6) is 0.598. The zero-order valence-electron chi connectivity index (χ0n) is 13.4.